The molecule has 2 N–H and O–H groups in total. The number of imide groups is 1. The van der Waals surface area contributed by atoms with E-state index < -0.39 is 40.8 Å². The molecule has 4 amide bonds. The minimum absolute atomic E-state index is 0.0839. The van der Waals surface area contributed by atoms with Crippen molar-refractivity contribution in [1.82, 2.24) is 5.32 Å². The molecule has 0 unspecified atom stereocenters. The first-order chi connectivity index (χ1) is 11.6. The molecular weight excluding hydrogens is 343 g/mol. The van der Waals surface area contributed by atoms with Gasteiger partial charge in [0.15, 0.2) is 0 Å². The van der Waals surface area contributed by atoms with Gasteiger partial charge in [0.05, 0.1) is 17.9 Å². The number of halogens is 3. The molecule has 0 bridgehead atoms. The maximum absolute atomic E-state index is 13.4. The largest absolute Gasteiger partial charge is 0.418 e. The second-order valence-electron chi connectivity index (χ2n) is 5.87. The summed E-state index contributed by atoms with van der Waals surface area (Å²) in [4.78, 5) is 36.3. The molecule has 10 heteroatoms. The van der Waals surface area contributed by atoms with Crippen LogP contribution in [0.3, 0.4) is 0 Å². The lowest BCUT2D eigenvalue weighted by Crippen LogP contribution is -2.47. The number of nitrogens with one attached hydrogen (secondary N) is 2. The summed E-state index contributed by atoms with van der Waals surface area (Å²) in [5.74, 6) is -1.33. The number of carbonyl (C=O) groups is 3. The number of nitrogens with zero attached hydrogens (tertiary/aromatic N) is 1. The fourth-order valence-corrected chi connectivity index (χ4v) is 2.91. The molecule has 2 aliphatic heterocycles. The minimum atomic E-state index is -4.83. The van der Waals surface area contributed by atoms with E-state index in [2.05, 4.69) is 10.6 Å². The van der Waals surface area contributed by atoms with Gasteiger partial charge in [0.1, 0.15) is 5.54 Å². The Morgan fingerprint density at radius 3 is 2.64 bits per heavy atom. The maximum Gasteiger partial charge on any atom is 0.418 e. The Kier molecular flexibility index (Phi) is 3.94. The van der Waals surface area contributed by atoms with E-state index in [1.165, 1.54) is 6.07 Å². The number of amides is 4. The minimum Gasteiger partial charge on any atom is -0.378 e. The monoisotopic (exact) mass is 357 g/mol. The van der Waals surface area contributed by atoms with E-state index in [9.17, 15) is 27.6 Å². The predicted octanol–water partition coefficient (Wildman–Crippen LogP) is 1.88. The number of carbonyl (C=O) groups excluding carboxylic acids is 3. The number of rotatable bonds is 2. The number of urea groups is 1. The van der Waals surface area contributed by atoms with Crippen molar-refractivity contribution in [1.29, 1.82) is 0 Å². The predicted molar refractivity (Wildman–Crippen MR) is 79.9 cm³/mol. The lowest BCUT2D eigenvalue weighted by Gasteiger charge is -2.21. The zero-order valence-corrected chi connectivity index (χ0v) is 13.1. The molecule has 25 heavy (non-hydrogen) atoms. The van der Waals surface area contributed by atoms with Gasteiger partial charge in [0.25, 0.3) is 5.91 Å². The van der Waals surface area contributed by atoms with Gasteiger partial charge in [-0.1, -0.05) is 0 Å². The van der Waals surface area contributed by atoms with Crippen molar-refractivity contribution in [2.75, 3.05) is 23.4 Å². The summed E-state index contributed by atoms with van der Waals surface area (Å²) < 4.78 is 45.4. The van der Waals surface area contributed by atoms with Crippen LogP contribution in [-0.4, -0.2) is 36.6 Å². The molecule has 1 aromatic carbocycles. The molecule has 2 aliphatic rings. The molecule has 134 valence electrons. The summed E-state index contributed by atoms with van der Waals surface area (Å²) >= 11 is 0. The van der Waals surface area contributed by atoms with Crippen LogP contribution in [0.5, 0.6) is 0 Å². The van der Waals surface area contributed by atoms with Gasteiger partial charge in [0, 0.05) is 25.6 Å². The van der Waals surface area contributed by atoms with Crippen LogP contribution in [-0.2, 0) is 20.5 Å². The zero-order chi connectivity index (χ0) is 18.4. The van der Waals surface area contributed by atoms with Crippen LogP contribution in [0.15, 0.2) is 18.2 Å². The number of anilines is 2. The Morgan fingerprint density at radius 2 is 2.08 bits per heavy atom. The second-order valence-corrected chi connectivity index (χ2v) is 5.87. The highest BCUT2D eigenvalue weighted by Crippen LogP contribution is 2.41. The van der Waals surface area contributed by atoms with Crippen molar-refractivity contribution >= 4 is 29.2 Å². The molecule has 3 rings (SSSR count). The highest BCUT2D eigenvalue weighted by atomic mass is 19.4. The molecule has 1 atom stereocenters. The summed E-state index contributed by atoms with van der Waals surface area (Å²) in [6.45, 7) is 1.30. The molecular formula is C15H14F3N3O4. The van der Waals surface area contributed by atoms with Gasteiger partial charge >= 0.3 is 12.2 Å². The first-order valence-corrected chi connectivity index (χ1v) is 7.37. The van der Waals surface area contributed by atoms with Gasteiger partial charge in [-0.3, -0.25) is 9.59 Å². The van der Waals surface area contributed by atoms with Crippen LogP contribution in [0, 0.1) is 0 Å². The summed E-state index contributed by atoms with van der Waals surface area (Å²) in [5, 5.41) is 4.67. The highest BCUT2D eigenvalue weighted by Gasteiger charge is 2.55. The van der Waals surface area contributed by atoms with Crippen LogP contribution in [0.2, 0.25) is 0 Å². The van der Waals surface area contributed by atoms with E-state index in [-0.39, 0.29) is 25.3 Å². The number of hydrogen-bond acceptors (Lipinski definition) is 4. The fourth-order valence-electron chi connectivity index (χ4n) is 2.91. The van der Waals surface area contributed by atoms with Crippen LogP contribution in [0.4, 0.5) is 29.3 Å². The average molecular weight is 357 g/mol. The molecule has 2 heterocycles. The van der Waals surface area contributed by atoms with Crippen LogP contribution in [0.25, 0.3) is 0 Å². The summed E-state index contributed by atoms with van der Waals surface area (Å²) in [5.41, 5.74) is -3.20. The maximum atomic E-state index is 13.4. The quantitative estimate of drug-likeness (QED) is 0.791. The summed E-state index contributed by atoms with van der Waals surface area (Å²) in [7, 11) is 0. The van der Waals surface area contributed by atoms with Crippen LogP contribution < -0.4 is 15.5 Å². The number of ether oxygens (including phenoxy) is 1. The molecule has 1 aromatic rings. The van der Waals surface area contributed by atoms with E-state index in [1.807, 2.05) is 0 Å². The van der Waals surface area contributed by atoms with E-state index in [4.69, 9.17) is 4.74 Å². The highest BCUT2D eigenvalue weighted by molar-refractivity contribution is 6.24. The molecule has 2 fully saturated rings. The van der Waals surface area contributed by atoms with E-state index in [1.54, 1.807) is 0 Å². The number of alkyl halides is 3. The van der Waals surface area contributed by atoms with Crippen molar-refractivity contribution in [2.45, 2.75) is 25.1 Å². The normalized spacial score (nSPS) is 23.3. The van der Waals surface area contributed by atoms with Gasteiger partial charge < -0.3 is 15.4 Å². The van der Waals surface area contributed by atoms with Gasteiger partial charge in [-0.25, -0.2) is 9.69 Å². The van der Waals surface area contributed by atoms with Crippen molar-refractivity contribution in [2.24, 2.45) is 0 Å². The van der Waals surface area contributed by atoms with E-state index >= 15 is 0 Å². The van der Waals surface area contributed by atoms with Crippen molar-refractivity contribution in [3.05, 3.63) is 23.8 Å². The molecule has 2 saturated heterocycles. The van der Waals surface area contributed by atoms with E-state index in [0.717, 1.165) is 13.0 Å². The Labute approximate surface area is 140 Å². The lowest BCUT2D eigenvalue weighted by atomic mass is 9.98. The van der Waals surface area contributed by atoms with Crippen LogP contribution >= 0.6 is 0 Å². The summed E-state index contributed by atoms with van der Waals surface area (Å²) in [6, 6.07) is 1.93. The Bertz CT molecular complexity index is 757. The Balaban J connectivity index is 2.05. The SMILES string of the molecule is CC(=O)Nc1ccc(N2C(=O)N[C@]3(CCOC3)C2=O)c(C(F)(F)F)c1. The van der Waals surface area contributed by atoms with E-state index in [0.29, 0.717) is 11.0 Å². The van der Waals surface area contributed by atoms with Gasteiger partial charge in [0.2, 0.25) is 5.91 Å². The van der Waals surface area contributed by atoms with Gasteiger partial charge in [-0.05, 0) is 18.2 Å². The summed E-state index contributed by atoms with van der Waals surface area (Å²) in [6.07, 6.45) is -4.63. The topological polar surface area (TPSA) is 87.7 Å². The molecule has 0 aromatic heterocycles. The molecule has 1 spiro atoms. The standard InChI is InChI=1S/C15H14F3N3O4/c1-8(22)19-9-2-3-11(10(6-9)15(16,17)18)21-12(23)14(20-13(21)24)4-5-25-7-14/h2-3,6H,4-5,7H2,1H3,(H,19,22)(H,20,24)/t14-/m0/s1. The fraction of sp³-hybridized carbons (Fsp3) is 0.400. The Morgan fingerprint density at radius 1 is 1.36 bits per heavy atom. The third-order valence-corrected chi connectivity index (χ3v) is 4.05. The molecule has 7 nitrogen and oxygen atoms in total. The smallest absolute Gasteiger partial charge is 0.378 e. The van der Waals surface area contributed by atoms with Gasteiger partial charge in [-0.2, -0.15) is 13.2 Å². The van der Waals surface area contributed by atoms with Crippen molar-refractivity contribution in [3.8, 4) is 0 Å². The lowest BCUT2D eigenvalue weighted by molar-refractivity contribution is -0.137. The third-order valence-electron chi connectivity index (χ3n) is 4.05. The van der Waals surface area contributed by atoms with Crippen molar-refractivity contribution in [3.63, 3.8) is 0 Å². The third kappa shape index (κ3) is 2.93. The first-order valence-electron chi connectivity index (χ1n) is 7.37. The first kappa shape index (κ1) is 17.2. The second kappa shape index (κ2) is 5.73. The molecule has 0 aliphatic carbocycles. The molecule has 0 saturated carbocycles. The zero-order valence-electron chi connectivity index (χ0n) is 13.1. The number of benzene rings is 1. The average Bonchev–Trinajstić information content (AvgIpc) is 3.05. The Hall–Kier alpha value is -2.62. The van der Waals surface area contributed by atoms with Crippen LogP contribution in [0.1, 0.15) is 18.9 Å². The molecule has 0 radical (unpaired) electrons. The van der Waals surface area contributed by atoms with Gasteiger partial charge in [-0.15, -0.1) is 0 Å². The van der Waals surface area contributed by atoms with Crippen molar-refractivity contribution < 1.29 is 32.3 Å². The number of hydrogen-bond donors (Lipinski definition) is 2.